The molecule has 3 aromatic rings. The zero-order chi connectivity index (χ0) is 32.7. The zero-order valence-electron chi connectivity index (χ0n) is 25.6. The van der Waals surface area contributed by atoms with Gasteiger partial charge in [0.2, 0.25) is 11.8 Å². The Kier molecular flexibility index (Phi) is 12.2. The van der Waals surface area contributed by atoms with Crippen LogP contribution in [0.15, 0.2) is 70.0 Å². The van der Waals surface area contributed by atoms with Gasteiger partial charge >= 0.3 is 0 Å². The normalized spacial score (nSPS) is 14.4. The smallest absolute Gasteiger partial charge is 0.264 e. The van der Waals surface area contributed by atoms with Crippen molar-refractivity contribution in [2.45, 2.75) is 75.9 Å². The van der Waals surface area contributed by atoms with E-state index in [9.17, 15) is 18.0 Å². The van der Waals surface area contributed by atoms with Crippen molar-refractivity contribution in [2.24, 2.45) is 0 Å². The lowest BCUT2D eigenvalue weighted by atomic mass is 9.95. The monoisotopic (exact) mass is 737 g/mol. The summed E-state index contributed by atoms with van der Waals surface area (Å²) in [6.45, 7) is 3.07. The molecule has 0 heterocycles. The highest BCUT2D eigenvalue weighted by molar-refractivity contribution is 9.10. The highest BCUT2D eigenvalue weighted by atomic mass is 79.9. The minimum Gasteiger partial charge on any atom is -0.496 e. The summed E-state index contributed by atoms with van der Waals surface area (Å²) >= 11 is 16.4. The topological polar surface area (TPSA) is 96.0 Å². The van der Waals surface area contributed by atoms with Gasteiger partial charge < -0.3 is 15.0 Å². The Balaban J connectivity index is 1.75. The molecule has 0 spiro atoms. The Morgan fingerprint density at radius 2 is 1.67 bits per heavy atom. The van der Waals surface area contributed by atoms with Gasteiger partial charge in [0.05, 0.1) is 22.2 Å². The standard InChI is InChI=1S/C33H38BrCl2N3O5S/c1-4-30(33(41)37-23-9-6-5-7-10-23)38(20-26-28(35)11-8-12-29(26)36)32(40)21-39(24-15-13-22(2)14-16-24)45(42,43)25-17-18-31(44-3)27(34)19-25/h8,11-19,23,30H,4-7,9-10,20-21H2,1-3H3,(H,37,41). The van der Waals surface area contributed by atoms with E-state index in [-0.39, 0.29) is 23.4 Å². The van der Waals surface area contributed by atoms with Gasteiger partial charge in [0.25, 0.3) is 10.0 Å². The number of methoxy groups -OCH3 is 1. The number of rotatable bonds is 12. The molecule has 0 saturated heterocycles. The van der Waals surface area contributed by atoms with Crippen LogP contribution in [0.4, 0.5) is 5.69 Å². The van der Waals surface area contributed by atoms with E-state index in [0.717, 1.165) is 42.0 Å². The van der Waals surface area contributed by atoms with Gasteiger partial charge in [0.15, 0.2) is 0 Å². The largest absolute Gasteiger partial charge is 0.496 e. The van der Waals surface area contributed by atoms with E-state index in [0.29, 0.717) is 37.9 Å². The minimum atomic E-state index is -4.26. The van der Waals surface area contributed by atoms with Crippen LogP contribution in [-0.4, -0.2) is 50.9 Å². The summed E-state index contributed by atoms with van der Waals surface area (Å²) in [7, 11) is -2.77. The summed E-state index contributed by atoms with van der Waals surface area (Å²) in [5.41, 5.74) is 1.70. The molecular formula is C33H38BrCl2N3O5S. The number of aryl methyl sites for hydroxylation is 1. The average molecular weight is 740 g/mol. The van der Waals surface area contributed by atoms with Crippen LogP contribution in [0.2, 0.25) is 10.0 Å². The number of nitrogens with zero attached hydrogens (tertiary/aromatic N) is 2. The molecule has 0 aromatic heterocycles. The molecule has 8 nitrogen and oxygen atoms in total. The molecule has 0 aliphatic heterocycles. The molecule has 0 radical (unpaired) electrons. The number of sulfonamides is 1. The Morgan fingerprint density at radius 3 is 2.24 bits per heavy atom. The van der Waals surface area contributed by atoms with Crippen LogP contribution in [0, 0.1) is 6.92 Å². The average Bonchev–Trinajstić information content (AvgIpc) is 3.02. The predicted octanol–water partition coefficient (Wildman–Crippen LogP) is 7.52. The first-order valence-corrected chi connectivity index (χ1v) is 17.9. The lowest BCUT2D eigenvalue weighted by Gasteiger charge is -2.35. The van der Waals surface area contributed by atoms with Crippen LogP contribution in [0.5, 0.6) is 5.75 Å². The molecule has 3 aromatic carbocycles. The number of carbonyl (C=O) groups excluding carboxylic acids is 2. The number of anilines is 1. The van der Waals surface area contributed by atoms with Crippen LogP contribution >= 0.6 is 39.1 Å². The maximum atomic E-state index is 14.4. The summed E-state index contributed by atoms with van der Waals surface area (Å²) in [5, 5.41) is 3.82. The molecule has 1 aliphatic rings. The van der Waals surface area contributed by atoms with Gasteiger partial charge in [-0.1, -0.05) is 73.2 Å². The van der Waals surface area contributed by atoms with Crippen molar-refractivity contribution < 1.29 is 22.7 Å². The number of benzene rings is 3. The number of hydrogen-bond donors (Lipinski definition) is 1. The summed E-state index contributed by atoms with van der Waals surface area (Å²) in [5.74, 6) is -0.400. The zero-order valence-corrected chi connectivity index (χ0v) is 29.5. The first kappa shape index (κ1) is 35.1. The number of halogens is 3. The SMILES string of the molecule is CCC(C(=O)NC1CCCCC1)N(Cc1c(Cl)cccc1Cl)C(=O)CN(c1ccc(C)cc1)S(=O)(=O)c1ccc(OC)c(Br)c1. The van der Waals surface area contributed by atoms with Crippen molar-refractivity contribution in [3.05, 3.63) is 86.3 Å². The summed E-state index contributed by atoms with van der Waals surface area (Å²) in [6, 6.07) is 15.4. The number of nitrogens with one attached hydrogen (secondary N) is 1. The van der Waals surface area contributed by atoms with Crippen molar-refractivity contribution in [3.63, 3.8) is 0 Å². The van der Waals surface area contributed by atoms with Crippen molar-refractivity contribution in [3.8, 4) is 5.75 Å². The lowest BCUT2D eigenvalue weighted by molar-refractivity contribution is -0.140. The molecule has 4 rings (SSSR count). The van der Waals surface area contributed by atoms with Crippen LogP contribution in [-0.2, 0) is 26.2 Å². The second-order valence-electron chi connectivity index (χ2n) is 11.1. The molecule has 1 unspecified atom stereocenters. The van der Waals surface area contributed by atoms with E-state index in [1.165, 1.54) is 24.1 Å². The van der Waals surface area contributed by atoms with Crippen molar-refractivity contribution in [2.75, 3.05) is 18.0 Å². The van der Waals surface area contributed by atoms with E-state index >= 15 is 0 Å². The fraction of sp³-hybridized carbons (Fsp3) is 0.394. The molecule has 1 N–H and O–H groups in total. The fourth-order valence-corrected chi connectivity index (χ4v) is 8.14. The molecule has 1 fully saturated rings. The van der Waals surface area contributed by atoms with Crippen LogP contribution in [0.1, 0.15) is 56.6 Å². The van der Waals surface area contributed by atoms with E-state index in [1.54, 1.807) is 48.5 Å². The van der Waals surface area contributed by atoms with Crippen molar-refractivity contribution in [1.82, 2.24) is 10.2 Å². The molecule has 1 aliphatic carbocycles. The second-order valence-corrected chi connectivity index (χ2v) is 14.7. The number of hydrogen-bond acceptors (Lipinski definition) is 5. The number of ether oxygens (including phenoxy) is 1. The highest BCUT2D eigenvalue weighted by Gasteiger charge is 2.35. The molecular weight excluding hydrogens is 701 g/mol. The second kappa shape index (κ2) is 15.7. The summed E-state index contributed by atoms with van der Waals surface area (Å²) < 4.78 is 35.2. The Morgan fingerprint density at radius 1 is 1.02 bits per heavy atom. The molecule has 1 saturated carbocycles. The van der Waals surface area contributed by atoms with Crippen LogP contribution < -0.4 is 14.4 Å². The first-order valence-electron chi connectivity index (χ1n) is 14.9. The quantitative estimate of drug-likeness (QED) is 0.207. The molecule has 45 heavy (non-hydrogen) atoms. The van der Waals surface area contributed by atoms with Gasteiger partial charge in [-0.3, -0.25) is 13.9 Å². The Labute approximate surface area is 284 Å². The van der Waals surface area contributed by atoms with E-state index in [1.807, 2.05) is 13.8 Å². The Hall–Kier alpha value is -2.79. The predicted molar refractivity (Wildman–Crippen MR) is 183 cm³/mol. The van der Waals surface area contributed by atoms with Gasteiger partial charge in [0.1, 0.15) is 18.3 Å². The van der Waals surface area contributed by atoms with Crippen molar-refractivity contribution >= 4 is 66.7 Å². The third-order valence-corrected chi connectivity index (χ3v) is 11.1. The van der Waals surface area contributed by atoms with E-state index < -0.39 is 28.5 Å². The van der Waals surface area contributed by atoms with E-state index in [2.05, 4.69) is 21.2 Å². The third kappa shape index (κ3) is 8.52. The molecule has 12 heteroatoms. The summed E-state index contributed by atoms with van der Waals surface area (Å²) in [6.07, 6.45) is 5.25. The molecule has 1 atom stereocenters. The third-order valence-electron chi connectivity index (χ3n) is 8.04. The minimum absolute atomic E-state index is 0.0270. The molecule has 2 amide bonds. The number of carbonyl (C=O) groups is 2. The van der Waals surface area contributed by atoms with Gasteiger partial charge in [-0.15, -0.1) is 0 Å². The fourth-order valence-electron chi connectivity index (χ4n) is 5.49. The molecule has 242 valence electrons. The molecule has 0 bridgehead atoms. The first-order chi connectivity index (χ1) is 21.5. The summed E-state index contributed by atoms with van der Waals surface area (Å²) in [4.78, 5) is 29.5. The maximum Gasteiger partial charge on any atom is 0.264 e. The van der Waals surface area contributed by atoms with Crippen molar-refractivity contribution in [1.29, 1.82) is 0 Å². The Bertz CT molecular complexity index is 1590. The maximum absolute atomic E-state index is 14.4. The number of amides is 2. The lowest BCUT2D eigenvalue weighted by Crippen LogP contribution is -2.54. The van der Waals surface area contributed by atoms with Crippen LogP contribution in [0.25, 0.3) is 0 Å². The van der Waals surface area contributed by atoms with Gasteiger partial charge in [-0.05, 0) is 84.6 Å². The highest BCUT2D eigenvalue weighted by Crippen LogP contribution is 2.32. The van der Waals surface area contributed by atoms with Crippen LogP contribution in [0.3, 0.4) is 0 Å². The van der Waals surface area contributed by atoms with Gasteiger partial charge in [0, 0.05) is 28.2 Å². The van der Waals surface area contributed by atoms with Gasteiger partial charge in [-0.2, -0.15) is 0 Å². The van der Waals surface area contributed by atoms with Gasteiger partial charge in [-0.25, -0.2) is 8.42 Å². The van der Waals surface area contributed by atoms with E-state index in [4.69, 9.17) is 27.9 Å².